The molecule has 5 rings (SSSR count). The van der Waals surface area contributed by atoms with Gasteiger partial charge in [0.1, 0.15) is 11.3 Å². The van der Waals surface area contributed by atoms with Crippen LogP contribution in [0.25, 0.3) is 16.9 Å². The molecule has 2 aromatic heterocycles. The molecule has 0 radical (unpaired) electrons. The quantitative estimate of drug-likeness (QED) is 0.281. The van der Waals surface area contributed by atoms with Crippen molar-refractivity contribution in [3.8, 4) is 17.0 Å². The van der Waals surface area contributed by atoms with Gasteiger partial charge in [-0.2, -0.15) is 31.4 Å². The molecular weight excluding hydrogens is 592 g/mol. The summed E-state index contributed by atoms with van der Waals surface area (Å²) < 4.78 is 89.8. The third-order valence-corrected chi connectivity index (χ3v) is 7.90. The van der Waals surface area contributed by atoms with Crippen molar-refractivity contribution < 1.29 is 41.0 Å². The fourth-order valence-corrected chi connectivity index (χ4v) is 5.77. The molecule has 8 nitrogen and oxygen atoms in total. The third-order valence-electron chi connectivity index (χ3n) is 7.90. The summed E-state index contributed by atoms with van der Waals surface area (Å²) >= 11 is 0. The second-order valence-corrected chi connectivity index (χ2v) is 10.6. The first kappa shape index (κ1) is 31.3. The van der Waals surface area contributed by atoms with Gasteiger partial charge in [0, 0.05) is 36.8 Å². The highest BCUT2D eigenvalue weighted by Gasteiger charge is 2.41. The van der Waals surface area contributed by atoms with Crippen LogP contribution < -0.4 is 4.74 Å². The Hall–Kier alpha value is -4.17. The summed E-state index contributed by atoms with van der Waals surface area (Å²) in [7, 11) is 1.46. The Bertz CT molecular complexity index is 1670. The predicted molar refractivity (Wildman–Crippen MR) is 148 cm³/mol. The molecule has 1 fully saturated rings. The van der Waals surface area contributed by atoms with Gasteiger partial charge in [0.15, 0.2) is 11.3 Å². The van der Waals surface area contributed by atoms with Crippen LogP contribution in [0.3, 0.4) is 0 Å². The van der Waals surface area contributed by atoms with Crippen LogP contribution in [0.5, 0.6) is 5.75 Å². The normalized spacial score (nSPS) is 17.2. The topological polar surface area (TPSA) is 83.2 Å². The summed E-state index contributed by atoms with van der Waals surface area (Å²) in [4.78, 5) is 21.3. The zero-order valence-corrected chi connectivity index (χ0v) is 23.9. The monoisotopic (exact) mass is 621 g/mol. The minimum Gasteiger partial charge on any atom is -0.497 e. The van der Waals surface area contributed by atoms with Crippen LogP contribution in [0.1, 0.15) is 45.7 Å². The molecule has 2 atom stereocenters. The van der Waals surface area contributed by atoms with Crippen molar-refractivity contribution in [2.75, 3.05) is 33.4 Å². The maximum atomic E-state index is 14.3. The van der Waals surface area contributed by atoms with E-state index in [9.17, 15) is 36.2 Å². The summed E-state index contributed by atoms with van der Waals surface area (Å²) in [6.07, 6.45) is -8.39. The fourth-order valence-electron chi connectivity index (χ4n) is 5.77. The number of carbonyl (C=O) groups is 1. The zero-order chi connectivity index (χ0) is 32.0. The lowest BCUT2D eigenvalue weighted by molar-refractivity contribution is -0.143. The van der Waals surface area contributed by atoms with E-state index in [-0.39, 0.29) is 47.7 Å². The van der Waals surface area contributed by atoms with Gasteiger partial charge in [-0.05, 0) is 49.7 Å². The number of fused-ring (bicyclic) bond motifs is 1. The molecule has 3 heterocycles. The van der Waals surface area contributed by atoms with Crippen molar-refractivity contribution in [2.24, 2.45) is 0 Å². The molecular formula is C30H29F6N5O3. The highest BCUT2D eigenvalue weighted by atomic mass is 19.4. The van der Waals surface area contributed by atoms with E-state index in [1.54, 1.807) is 36.1 Å². The second-order valence-electron chi connectivity index (χ2n) is 10.6. The Morgan fingerprint density at radius 3 is 2.32 bits per heavy atom. The van der Waals surface area contributed by atoms with Crippen LogP contribution in [0.15, 0.2) is 54.7 Å². The number of aliphatic hydroxyl groups is 1. The van der Waals surface area contributed by atoms with Crippen molar-refractivity contribution in [2.45, 2.75) is 38.3 Å². The lowest BCUT2D eigenvalue weighted by Crippen LogP contribution is -2.55. The molecule has 0 saturated carbocycles. The van der Waals surface area contributed by atoms with Crippen LogP contribution in [0.2, 0.25) is 0 Å². The average Bonchev–Trinajstić information content (AvgIpc) is 3.39. The first-order valence-corrected chi connectivity index (χ1v) is 13.7. The molecule has 14 heteroatoms. The molecule has 0 bridgehead atoms. The molecule has 1 amide bonds. The molecule has 1 unspecified atom stereocenters. The van der Waals surface area contributed by atoms with E-state index in [0.717, 1.165) is 12.3 Å². The number of rotatable bonds is 6. The van der Waals surface area contributed by atoms with Crippen LogP contribution in [0, 0.1) is 6.92 Å². The van der Waals surface area contributed by atoms with E-state index in [4.69, 9.17) is 4.74 Å². The van der Waals surface area contributed by atoms with Crippen LogP contribution in [0.4, 0.5) is 26.3 Å². The Morgan fingerprint density at radius 1 is 1.05 bits per heavy atom. The number of nitrogens with zero attached hydrogens (tertiary/aromatic N) is 5. The Morgan fingerprint density at radius 2 is 1.73 bits per heavy atom. The highest BCUT2D eigenvalue weighted by Crippen LogP contribution is 2.38. The minimum atomic E-state index is -4.82. The maximum absolute atomic E-state index is 14.3. The zero-order valence-electron chi connectivity index (χ0n) is 23.9. The van der Waals surface area contributed by atoms with E-state index in [1.807, 2.05) is 0 Å². The molecule has 1 aliphatic heterocycles. The molecule has 4 aromatic rings. The van der Waals surface area contributed by atoms with E-state index < -0.39 is 48.2 Å². The first-order chi connectivity index (χ1) is 20.8. The number of alkyl halides is 6. The molecule has 44 heavy (non-hydrogen) atoms. The number of hydrogen-bond acceptors (Lipinski definition) is 6. The van der Waals surface area contributed by atoms with Gasteiger partial charge >= 0.3 is 12.4 Å². The van der Waals surface area contributed by atoms with Crippen LogP contribution >= 0.6 is 0 Å². The SMILES string of the molecule is COc1ccc(-c2nc3c(C(=O)N4CCN(C(CO)c5ccccc5C(F)(F)F)C[C@H]4C)cnn3c(C(F)(F)F)c2C)cc1. The fraction of sp³-hybridized carbons (Fsp3) is 0.367. The average molecular weight is 622 g/mol. The number of aliphatic hydroxyl groups excluding tert-OH is 1. The molecule has 1 N–H and O–H groups in total. The first-order valence-electron chi connectivity index (χ1n) is 13.7. The van der Waals surface area contributed by atoms with Crippen molar-refractivity contribution in [3.63, 3.8) is 0 Å². The van der Waals surface area contributed by atoms with E-state index in [1.165, 1.54) is 37.1 Å². The number of benzene rings is 2. The summed E-state index contributed by atoms with van der Waals surface area (Å²) in [5.41, 5.74) is -2.20. The minimum absolute atomic E-state index is 0.0222. The van der Waals surface area contributed by atoms with Crippen LogP contribution in [-0.2, 0) is 12.4 Å². The molecule has 2 aromatic carbocycles. The van der Waals surface area contributed by atoms with Crippen molar-refractivity contribution >= 4 is 11.6 Å². The van der Waals surface area contributed by atoms with Gasteiger partial charge in [0.25, 0.3) is 5.91 Å². The number of methoxy groups -OCH3 is 1. The number of halogens is 6. The Kier molecular flexibility index (Phi) is 8.33. The second kappa shape index (κ2) is 11.7. The van der Waals surface area contributed by atoms with E-state index >= 15 is 0 Å². The molecule has 0 aliphatic carbocycles. The van der Waals surface area contributed by atoms with Gasteiger partial charge in [-0.15, -0.1) is 0 Å². The Balaban J connectivity index is 1.48. The lowest BCUT2D eigenvalue weighted by atomic mass is 9.97. The van der Waals surface area contributed by atoms with Gasteiger partial charge in [0.05, 0.1) is 37.2 Å². The van der Waals surface area contributed by atoms with Gasteiger partial charge < -0.3 is 14.7 Å². The number of hydrogen-bond donors (Lipinski definition) is 1. The highest BCUT2D eigenvalue weighted by molar-refractivity contribution is 6.00. The lowest BCUT2D eigenvalue weighted by Gasteiger charge is -2.43. The van der Waals surface area contributed by atoms with Gasteiger partial charge in [0.2, 0.25) is 0 Å². The van der Waals surface area contributed by atoms with E-state index in [0.29, 0.717) is 15.8 Å². The van der Waals surface area contributed by atoms with E-state index in [2.05, 4.69) is 10.1 Å². The van der Waals surface area contributed by atoms with Crippen LogP contribution in [-0.4, -0.2) is 74.8 Å². The number of carbonyl (C=O) groups excluding carboxylic acids is 1. The van der Waals surface area contributed by atoms with Crippen molar-refractivity contribution in [1.29, 1.82) is 0 Å². The molecule has 234 valence electrons. The molecule has 0 spiro atoms. The maximum Gasteiger partial charge on any atom is 0.433 e. The summed E-state index contributed by atoms with van der Waals surface area (Å²) in [5.74, 6) is -0.115. The smallest absolute Gasteiger partial charge is 0.433 e. The number of piperazine rings is 1. The molecule has 1 saturated heterocycles. The van der Waals surface area contributed by atoms with Gasteiger partial charge in [-0.3, -0.25) is 9.69 Å². The number of aromatic nitrogens is 3. The number of ether oxygens (including phenoxy) is 1. The summed E-state index contributed by atoms with van der Waals surface area (Å²) in [6.45, 7) is 2.66. The van der Waals surface area contributed by atoms with Gasteiger partial charge in [-0.1, -0.05) is 18.2 Å². The summed E-state index contributed by atoms with van der Waals surface area (Å²) in [6, 6.07) is 9.78. The largest absolute Gasteiger partial charge is 0.497 e. The third kappa shape index (κ3) is 5.71. The van der Waals surface area contributed by atoms with Crippen molar-refractivity contribution in [3.05, 3.63) is 82.7 Å². The standard InChI is InChI=1S/C30H29F6N5O3/c1-17-15-39(24(16-42)21-6-4-5-7-23(21)29(31,32)33)12-13-40(17)28(43)22-14-37-41-26(30(34,35)36)18(2)25(38-27(22)41)19-8-10-20(44-3)11-9-19/h4-11,14,17,24,42H,12-13,15-16H2,1-3H3/t17-,24?/m1/s1. The Labute approximate surface area is 248 Å². The number of amides is 1. The predicted octanol–water partition coefficient (Wildman–Crippen LogP) is 5.63. The van der Waals surface area contributed by atoms with Gasteiger partial charge in [-0.25, -0.2) is 9.50 Å². The molecule has 1 aliphatic rings. The van der Waals surface area contributed by atoms with Crippen molar-refractivity contribution in [1.82, 2.24) is 24.4 Å². The summed E-state index contributed by atoms with van der Waals surface area (Å²) in [5, 5.41) is 14.0.